The number of carbonyl (C=O) groups is 1. The van der Waals surface area contributed by atoms with Crippen molar-refractivity contribution in [3.63, 3.8) is 0 Å². The second kappa shape index (κ2) is 11.8. The van der Waals surface area contributed by atoms with Crippen molar-refractivity contribution in [3.8, 4) is 6.01 Å². The van der Waals surface area contributed by atoms with E-state index in [-0.39, 0.29) is 24.7 Å². The van der Waals surface area contributed by atoms with Crippen LogP contribution in [-0.4, -0.2) is 69.4 Å². The third-order valence-corrected chi connectivity index (χ3v) is 7.12. The van der Waals surface area contributed by atoms with Gasteiger partial charge in [-0.05, 0) is 56.2 Å². The number of nitrogens with zero attached hydrogens (tertiary/aromatic N) is 5. The summed E-state index contributed by atoms with van der Waals surface area (Å²) >= 11 is 0. The van der Waals surface area contributed by atoms with E-state index in [0.29, 0.717) is 31.0 Å². The number of hydrogen-bond acceptors (Lipinski definition) is 8. The molecule has 10 nitrogen and oxygen atoms in total. The molecule has 2 saturated heterocycles. The molecule has 37 heavy (non-hydrogen) atoms. The Morgan fingerprint density at radius 1 is 1.16 bits per heavy atom. The Morgan fingerprint density at radius 3 is 2.76 bits per heavy atom. The molecule has 2 aliphatic heterocycles. The Bertz CT molecular complexity index is 1180. The minimum Gasteiger partial charge on any atom is -0.458 e. The van der Waals surface area contributed by atoms with Gasteiger partial charge in [-0.2, -0.15) is 19.6 Å². The first-order chi connectivity index (χ1) is 18.1. The quantitative estimate of drug-likeness (QED) is 0.474. The molecule has 3 aromatic rings. The molecule has 1 atom stereocenters. The van der Waals surface area contributed by atoms with Gasteiger partial charge in [-0.25, -0.2) is 4.79 Å². The minimum atomic E-state index is -0.323. The average molecular weight is 508 g/mol. The zero-order valence-electron chi connectivity index (χ0n) is 21.7. The highest BCUT2D eigenvalue weighted by Crippen LogP contribution is 2.25. The lowest BCUT2D eigenvalue weighted by Crippen LogP contribution is -2.44. The summed E-state index contributed by atoms with van der Waals surface area (Å²) in [5, 5.41) is 11.5. The molecule has 2 aromatic heterocycles. The number of nitrogens with one attached hydrogen (secondary N) is 2. The third kappa shape index (κ3) is 6.30. The van der Waals surface area contributed by atoms with Crippen LogP contribution in [0.5, 0.6) is 6.01 Å². The van der Waals surface area contributed by atoms with Crippen LogP contribution in [0.1, 0.15) is 56.6 Å². The number of hydrogen-bond donors (Lipinski definition) is 2. The number of amides is 1. The highest BCUT2D eigenvalue weighted by molar-refractivity contribution is 5.67. The summed E-state index contributed by atoms with van der Waals surface area (Å²) in [4.78, 5) is 23.9. The molecule has 0 bridgehead atoms. The smallest absolute Gasteiger partial charge is 0.410 e. The van der Waals surface area contributed by atoms with E-state index >= 15 is 0 Å². The van der Waals surface area contributed by atoms with Gasteiger partial charge in [-0.15, -0.1) is 0 Å². The van der Waals surface area contributed by atoms with Crippen LogP contribution in [0.3, 0.4) is 0 Å². The maximum atomic E-state index is 12.7. The van der Waals surface area contributed by atoms with E-state index in [0.717, 1.165) is 62.1 Å². The summed E-state index contributed by atoms with van der Waals surface area (Å²) in [7, 11) is 0. The van der Waals surface area contributed by atoms with Crippen molar-refractivity contribution in [1.82, 2.24) is 29.8 Å². The van der Waals surface area contributed by atoms with Gasteiger partial charge in [-0.3, -0.25) is 0 Å². The van der Waals surface area contributed by atoms with Crippen molar-refractivity contribution >= 4 is 17.7 Å². The van der Waals surface area contributed by atoms with Gasteiger partial charge in [0.25, 0.3) is 0 Å². The molecular formula is C27H37N7O3. The molecule has 0 spiro atoms. The summed E-state index contributed by atoms with van der Waals surface area (Å²) in [6.07, 6.45) is 5.26. The van der Waals surface area contributed by atoms with Crippen molar-refractivity contribution in [3.05, 3.63) is 47.7 Å². The fourth-order valence-corrected chi connectivity index (χ4v) is 4.93. The fourth-order valence-electron chi connectivity index (χ4n) is 4.93. The van der Waals surface area contributed by atoms with Gasteiger partial charge in [0.1, 0.15) is 12.7 Å². The lowest BCUT2D eigenvalue weighted by Gasteiger charge is -2.31. The first kappa shape index (κ1) is 25.3. The number of fused-ring (bicyclic) bond motifs is 1. The maximum Gasteiger partial charge on any atom is 0.410 e. The van der Waals surface area contributed by atoms with Crippen molar-refractivity contribution in [2.24, 2.45) is 5.92 Å². The van der Waals surface area contributed by atoms with Crippen LogP contribution < -0.4 is 15.4 Å². The van der Waals surface area contributed by atoms with Crippen LogP contribution >= 0.6 is 0 Å². The highest BCUT2D eigenvalue weighted by atomic mass is 16.6. The van der Waals surface area contributed by atoms with Crippen LogP contribution in [0.2, 0.25) is 0 Å². The van der Waals surface area contributed by atoms with Gasteiger partial charge in [0.05, 0.1) is 12.7 Å². The zero-order chi connectivity index (χ0) is 25.6. The number of carbonyl (C=O) groups excluding carboxylic acids is 1. The molecule has 0 saturated carbocycles. The van der Waals surface area contributed by atoms with E-state index < -0.39 is 0 Å². The number of ether oxygens (including phenoxy) is 2. The van der Waals surface area contributed by atoms with Gasteiger partial charge in [0, 0.05) is 18.7 Å². The van der Waals surface area contributed by atoms with E-state index in [9.17, 15) is 4.79 Å². The number of likely N-dealkylation sites (tertiary alicyclic amines) is 1. The Kier molecular flexibility index (Phi) is 8.03. The summed E-state index contributed by atoms with van der Waals surface area (Å²) in [5.41, 5.74) is 2.77. The zero-order valence-corrected chi connectivity index (χ0v) is 21.7. The molecule has 1 aromatic carbocycles. The van der Waals surface area contributed by atoms with E-state index in [4.69, 9.17) is 19.4 Å². The van der Waals surface area contributed by atoms with Crippen LogP contribution in [0.4, 0.5) is 10.7 Å². The lowest BCUT2D eigenvalue weighted by atomic mass is 9.98. The molecule has 0 radical (unpaired) electrons. The highest BCUT2D eigenvalue weighted by Gasteiger charge is 2.27. The predicted molar refractivity (Wildman–Crippen MR) is 141 cm³/mol. The fraction of sp³-hybridized carbons (Fsp3) is 0.556. The second-order valence-electron chi connectivity index (χ2n) is 10.3. The molecule has 10 heteroatoms. The molecule has 0 unspecified atom stereocenters. The number of rotatable bonds is 8. The van der Waals surface area contributed by atoms with Crippen LogP contribution in [0, 0.1) is 5.92 Å². The van der Waals surface area contributed by atoms with Crippen LogP contribution in [0.25, 0.3) is 5.65 Å². The van der Waals surface area contributed by atoms with Gasteiger partial charge in [-0.1, -0.05) is 44.2 Å². The normalized spacial score (nSPS) is 18.8. The van der Waals surface area contributed by atoms with E-state index in [1.807, 2.05) is 36.5 Å². The Balaban J connectivity index is 1.27. The summed E-state index contributed by atoms with van der Waals surface area (Å²) in [6.45, 7) is 8.52. The first-order valence-corrected chi connectivity index (χ1v) is 13.4. The first-order valence-electron chi connectivity index (χ1n) is 13.4. The Morgan fingerprint density at radius 2 is 1.97 bits per heavy atom. The summed E-state index contributed by atoms with van der Waals surface area (Å²) < 4.78 is 13.6. The SMILES string of the molecule is CC(C)c1cnn2c(NCC3CCNCC3)nc(O[C@@H]3CCCN(C(=O)OCc4ccccc4)C3)nc12. The lowest BCUT2D eigenvalue weighted by molar-refractivity contribution is 0.0520. The molecule has 2 N–H and O–H groups in total. The predicted octanol–water partition coefficient (Wildman–Crippen LogP) is 3.84. The average Bonchev–Trinajstić information content (AvgIpc) is 3.36. The van der Waals surface area contributed by atoms with E-state index in [1.165, 1.54) is 0 Å². The Hall–Kier alpha value is -3.40. The third-order valence-electron chi connectivity index (χ3n) is 7.12. The molecule has 5 rings (SSSR count). The van der Waals surface area contributed by atoms with Gasteiger partial charge >= 0.3 is 12.1 Å². The number of aromatic nitrogens is 4. The topological polar surface area (TPSA) is 106 Å². The molecule has 4 heterocycles. The number of anilines is 1. The summed E-state index contributed by atoms with van der Waals surface area (Å²) in [6, 6.07) is 10.0. The van der Waals surface area contributed by atoms with Crippen molar-refractivity contribution in [2.75, 3.05) is 38.0 Å². The molecule has 2 aliphatic rings. The minimum absolute atomic E-state index is 0.205. The maximum absolute atomic E-state index is 12.7. The van der Waals surface area contributed by atoms with E-state index in [1.54, 1.807) is 9.42 Å². The molecular weight excluding hydrogens is 470 g/mol. The standard InChI is InChI=1S/C27H37N7O3/c1-19(2)23-16-30-34-24(23)31-26(32-25(34)29-15-20-10-12-28-13-11-20)37-22-9-6-14-33(17-22)27(35)36-18-21-7-4-3-5-8-21/h3-5,7-8,16,19-20,22,28H,6,9-15,17-18H2,1-2H3,(H,29,31,32)/t22-/m1/s1. The Labute approximate surface area is 217 Å². The van der Waals surface area contributed by atoms with Gasteiger partial charge in [0.2, 0.25) is 5.95 Å². The monoisotopic (exact) mass is 507 g/mol. The van der Waals surface area contributed by atoms with Gasteiger partial charge < -0.3 is 25.0 Å². The molecule has 2 fully saturated rings. The number of benzene rings is 1. The van der Waals surface area contributed by atoms with Gasteiger partial charge in [0.15, 0.2) is 5.65 Å². The van der Waals surface area contributed by atoms with Crippen LogP contribution in [-0.2, 0) is 11.3 Å². The second-order valence-corrected chi connectivity index (χ2v) is 10.3. The largest absolute Gasteiger partial charge is 0.458 e. The van der Waals surface area contributed by atoms with Crippen molar-refractivity contribution < 1.29 is 14.3 Å². The molecule has 1 amide bonds. The van der Waals surface area contributed by atoms with E-state index in [2.05, 4.69) is 29.6 Å². The molecule has 198 valence electrons. The van der Waals surface area contributed by atoms with Crippen molar-refractivity contribution in [2.45, 2.75) is 58.2 Å². The number of piperidine rings is 2. The van der Waals surface area contributed by atoms with Crippen LogP contribution in [0.15, 0.2) is 36.5 Å². The molecule has 0 aliphatic carbocycles. The summed E-state index contributed by atoms with van der Waals surface area (Å²) in [5.74, 6) is 1.49. The van der Waals surface area contributed by atoms with Crippen molar-refractivity contribution in [1.29, 1.82) is 0 Å².